The quantitative estimate of drug-likeness (QED) is 0.214. The highest BCUT2D eigenvalue weighted by molar-refractivity contribution is 6.10. The van der Waals surface area contributed by atoms with Crippen molar-refractivity contribution in [2.24, 2.45) is 0 Å². The number of furan rings is 2. The Morgan fingerprint density at radius 2 is 1.16 bits per heavy atom. The van der Waals surface area contributed by atoms with Gasteiger partial charge in [0.25, 0.3) is 0 Å². The molecule has 4 heterocycles. The molecule has 0 bridgehead atoms. The van der Waals surface area contributed by atoms with E-state index in [9.17, 15) is 0 Å². The van der Waals surface area contributed by atoms with Crippen LogP contribution in [0.5, 0.6) is 0 Å². The third-order valence-electron chi connectivity index (χ3n) is 7.88. The van der Waals surface area contributed by atoms with Crippen molar-refractivity contribution in [3.05, 3.63) is 133 Å². The SMILES string of the molecule is CCc1ccnc(-c2cccc3c2oc2ccccc23)c1.[2H]C([2H])([2H])C(C)c1ccnc(-c2cccc3c2oc2ccccc23)c1. The summed E-state index contributed by atoms with van der Waals surface area (Å²) in [5.74, 6) is -0.552. The highest BCUT2D eigenvalue weighted by Gasteiger charge is 2.14. The molecule has 4 aromatic carbocycles. The molecule has 0 saturated heterocycles. The van der Waals surface area contributed by atoms with Gasteiger partial charge in [0.1, 0.15) is 22.3 Å². The second-order valence-electron chi connectivity index (χ2n) is 10.7. The standard InChI is InChI=1S/C20H17NO.C19H15NO/c1-13(2)14-10-11-21-18(12-14)17-8-5-7-16-15-6-3-4-9-19(15)22-20(16)17;1-2-13-10-11-20-17(12-13)16-8-5-7-15-14-6-3-4-9-18(14)21-19(15)16/h3-13H,1-2H3;3-12H,2H2,1H3/i1D3;. The first-order valence-electron chi connectivity index (χ1n) is 16.0. The summed E-state index contributed by atoms with van der Waals surface area (Å²) in [6, 6.07) is 36.1. The third-order valence-corrected chi connectivity index (χ3v) is 7.88. The van der Waals surface area contributed by atoms with Gasteiger partial charge in [0.05, 0.1) is 11.4 Å². The predicted octanol–water partition coefficient (Wildman–Crippen LogP) is 11.0. The summed E-state index contributed by atoms with van der Waals surface area (Å²) in [4.78, 5) is 8.97. The average Bonchev–Trinajstić information content (AvgIpc) is 3.66. The molecule has 0 saturated carbocycles. The van der Waals surface area contributed by atoms with Crippen LogP contribution in [0.25, 0.3) is 66.4 Å². The van der Waals surface area contributed by atoms with Crippen LogP contribution in [0.4, 0.5) is 0 Å². The number of para-hydroxylation sites is 4. The molecular weight excluding hydrogens is 528 g/mol. The van der Waals surface area contributed by atoms with E-state index in [1.807, 2.05) is 72.9 Å². The lowest BCUT2D eigenvalue weighted by Gasteiger charge is -2.07. The Kier molecular flexibility index (Phi) is 6.09. The lowest BCUT2D eigenvalue weighted by atomic mass is 10.0. The number of hydrogen-bond donors (Lipinski definition) is 0. The van der Waals surface area contributed by atoms with E-state index in [2.05, 4.69) is 53.3 Å². The van der Waals surface area contributed by atoms with Crippen LogP contribution in [-0.2, 0) is 6.42 Å². The van der Waals surface area contributed by atoms with Crippen molar-refractivity contribution in [1.82, 2.24) is 9.97 Å². The third kappa shape index (κ3) is 4.95. The number of aromatic nitrogens is 2. The Balaban J connectivity index is 0.000000149. The number of hydrogen-bond acceptors (Lipinski definition) is 4. The molecule has 1 atom stereocenters. The van der Waals surface area contributed by atoms with Crippen LogP contribution in [0.3, 0.4) is 0 Å². The normalized spacial score (nSPS) is 13.4. The van der Waals surface area contributed by atoms with Gasteiger partial charge in [-0.1, -0.05) is 81.4 Å². The van der Waals surface area contributed by atoms with E-state index in [4.69, 9.17) is 12.9 Å². The van der Waals surface area contributed by atoms with Crippen LogP contribution in [0.15, 0.2) is 130 Å². The minimum atomic E-state index is -2.04. The molecule has 4 nitrogen and oxygen atoms in total. The number of nitrogens with zero attached hydrogens (tertiary/aromatic N) is 2. The lowest BCUT2D eigenvalue weighted by Crippen LogP contribution is -1.90. The molecule has 0 spiro atoms. The number of fused-ring (bicyclic) bond motifs is 6. The summed E-state index contributed by atoms with van der Waals surface area (Å²) in [6.07, 6.45) is 4.54. The minimum absolute atomic E-state index is 0.552. The number of benzene rings is 4. The molecule has 210 valence electrons. The van der Waals surface area contributed by atoms with Crippen LogP contribution in [0.1, 0.15) is 41.9 Å². The number of pyridine rings is 2. The zero-order valence-electron chi connectivity index (χ0n) is 27.0. The van der Waals surface area contributed by atoms with Gasteiger partial charge in [-0.2, -0.15) is 0 Å². The Bertz CT molecular complexity index is 2330. The van der Waals surface area contributed by atoms with Crippen molar-refractivity contribution in [2.75, 3.05) is 0 Å². The van der Waals surface area contributed by atoms with E-state index in [-0.39, 0.29) is 0 Å². The van der Waals surface area contributed by atoms with Crippen LogP contribution in [0.2, 0.25) is 0 Å². The lowest BCUT2D eigenvalue weighted by molar-refractivity contribution is 0.669. The Morgan fingerprint density at radius 3 is 1.74 bits per heavy atom. The maximum Gasteiger partial charge on any atom is 0.144 e. The van der Waals surface area contributed by atoms with E-state index in [1.54, 1.807) is 19.2 Å². The molecule has 4 aromatic heterocycles. The first-order chi connectivity index (χ1) is 22.3. The maximum absolute atomic E-state index is 7.65. The van der Waals surface area contributed by atoms with Crippen LogP contribution in [-0.4, -0.2) is 9.97 Å². The topological polar surface area (TPSA) is 52.1 Å². The van der Waals surface area contributed by atoms with E-state index in [0.29, 0.717) is 0 Å². The highest BCUT2D eigenvalue weighted by atomic mass is 16.3. The molecule has 8 aromatic rings. The molecule has 0 aliphatic heterocycles. The van der Waals surface area contributed by atoms with Gasteiger partial charge < -0.3 is 8.83 Å². The highest BCUT2D eigenvalue weighted by Crippen LogP contribution is 2.36. The van der Waals surface area contributed by atoms with Gasteiger partial charge in [-0.25, -0.2) is 0 Å². The number of aryl methyl sites for hydroxylation is 1. The van der Waals surface area contributed by atoms with E-state index < -0.39 is 12.8 Å². The molecule has 0 aliphatic rings. The summed E-state index contributed by atoms with van der Waals surface area (Å²) >= 11 is 0. The second-order valence-corrected chi connectivity index (χ2v) is 10.7. The molecule has 0 radical (unpaired) electrons. The van der Waals surface area contributed by atoms with E-state index in [0.717, 1.165) is 78.4 Å². The van der Waals surface area contributed by atoms with Gasteiger partial charge >= 0.3 is 0 Å². The minimum Gasteiger partial charge on any atom is -0.455 e. The van der Waals surface area contributed by atoms with E-state index in [1.165, 1.54) is 5.56 Å². The van der Waals surface area contributed by atoms with Crippen molar-refractivity contribution in [2.45, 2.75) is 33.0 Å². The smallest absolute Gasteiger partial charge is 0.144 e. The van der Waals surface area contributed by atoms with Gasteiger partial charge in [0.15, 0.2) is 0 Å². The summed E-state index contributed by atoms with van der Waals surface area (Å²) in [6.45, 7) is 1.83. The molecule has 8 rings (SSSR count). The van der Waals surface area contributed by atoms with Crippen LogP contribution < -0.4 is 0 Å². The zero-order valence-corrected chi connectivity index (χ0v) is 24.0. The first kappa shape index (κ1) is 23.4. The molecule has 43 heavy (non-hydrogen) atoms. The van der Waals surface area contributed by atoms with Gasteiger partial charge in [-0.3, -0.25) is 9.97 Å². The molecule has 0 aliphatic carbocycles. The van der Waals surface area contributed by atoms with Crippen LogP contribution in [0, 0.1) is 0 Å². The zero-order chi connectivity index (χ0) is 31.8. The van der Waals surface area contributed by atoms with Crippen LogP contribution >= 0.6 is 0 Å². The Hall–Kier alpha value is -5.22. The number of rotatable bonds is 4. The van der Waals surface area contributed by atoms with Gasteiger partial charge in [0.2, 0.25) is 0 Å². The second kappa shape index (κ2) is 11.2. The monoisotopic (exact) mass is 563 g/mol. The largest absolute Gasteiger partial charge is 0.455 e. The van der Waals surface area contributed by atoms with Gasteiger partial charge in [0, 0.05) is 49.2 Å². The fourth-order valence-corrected chi connectivity index (χ4v) is 5.60. The maximum atomic E-state index is 7.65. The van der Waals surface area contributed by atoms with Crippen molar-refractivity contribution in [3.63, 3.8) is 0 Å². The van der Waals surface area contributed by atoms with Crippen molar-refractivity contribution in [1.29, 1.82) is 0 Å². The molecule has 0 amide bonds. The fourth-order valence-electron chi connectivity index (χ4n) is 5.60. The Labute approximate surface area is 254 Å². The van der Waals surface area contributed by atoms with Crippen molar-refractivity contribution >= 4 is 43.9 Å². The van der Waals surface area contributed by atoms with Crippen molar-refractivity contribution < 1.29 is 12.9 Å². The van der Waals surface area contributed by atoms with Gasteiger partial charge in [-0.15, -0.1) is 0 Å². The molecule has 4 heteroatoms. The first-order valence-corrected chi connectivity index (χ1v) is 14.5. The molecule has 0 fully saturated rings. The summed E-state index contributed by atoms with van der Waals surface area (Å²) in [5, 5.41) is 4.39. The summed E-state index contributed by atoms with van der Waals surface area (Å²) in [7, 11) is 0. The molecular formula is C39H32N2O2. The summed E-state index contributed by atoms with van der Waals surface area (Å²) in [5.41, 5.74) is 9.09. The summed E-state index contributed by atoms with van der Waals surface area (Å²) < 4.78 is 35.1. The van der Waals surface area contributed by atoms with Crippen molar-refractivity contribution in [3.8, 4) is 22.5 Å². The molecule has 1 unspecified atom stereocenters. The average molecular weight is 564 g/mol. The van der Waals surface area contributed by atoms with Gasteiger partial charge in [-0.05, 0) is 72.0 Å². The Morgan fingerprint density at radius 1 is 0.628 bits per heavy atom. The van der Waals surface area contributed by atoms with E-state index >= 15 is 0 Å². The fraction of sp³-hybridized carbons (Fsp3) is 0.128. The molecule has 0 N–H and O–H groups in total. The predicted molar refractivity (Wildman–Crippen MR) is 177 cm³/mol.